The van der Waals surface area contributed by atoms with Crippen LogP contribution in [-0.2, 0) is 0 Å². The van der Waals surface area contributed by atoms with Crippen LogP contribution in [0.15, 0.2) is 18.2 Å². The number of amides is 2. The summed E-state index contributed by atoms with van der Waals surface area (Å²) < 4.78 is 0. The van der Waals surface area contributed by atoms with Crippen LogP contribution in [0.2, 0.25) is 0 Å². The molecule has 0 saturated carbocycles. The fourth-order valence-electron chi connectivity index (χ4n) is 1.63. The van der Waals surface area contributed by atoms with Crippen LogP contribution in [0.3, 0.4) is 0 Å². The van der Waals surface area contributed by atoms with Crippen molar-refractivity contribution in [2.24, 2.45) is 0 Å². The molecule has 0 bridgehead atoms. The Morgan fingerprint density at radius 1 is 1.28 bits per heavy atom. The van der Waals surface area contributed by atoms with Gasteiger partial charge in [0.1, 0.15) is 0 Å². The van der Waals surface area contributed by atoms with Gasteiger partial charge in [-0.2, -0.15) is 0 Å². The van der Waals surface area contributed by atoms with Gasteiger partial charge < -0.3 is 15.7 Å². The van der Waals surface area contributed by atoms with Crippen LogP contribution in [0.1, 0.15) is 31.4 Å². The van der Waals surface area contributed by atoms with Gasteiger partial charge >= 0.3 is 6.03 Å². The molecule has 0 fully saturated rings. The highest BCUT2D eigenvalue weighted by Crippen LogP contribution is 2.14. The third kappa shape index (κ3) is 4.37. The van der Waals surface area contributed by atoms with E-state index in [-0.39, 0.29) is 12.6 Å². The number of carbonyl (C=O) groups excluding carboxylic acids is 1. The number of nitrogens with one attached hydrogen (secondary N) is 2. The fraction of sp³-hybridized carbons (Fsp3) is 0.500. The van der Waals surface area contributed by atoms with Crippen molar-refractivity contribution in [1.82, 2.24) is 5.32 Å². The van der Waals surface area contributed by atoms with E-state index in [1.807, 2.05) is 45.9 Å². The third-order valence-electron chi connectivity index (χ3n) is 2.95. The number of rotatable bonds is 4. The lowest BCUT2D eigenvalue weighted by Gasteiger charge is -2.25. The number of aryl methyl sites for hydroxylation is 2. The monoisotopic (exact) mass is 250 g/mol. The predicted molar refractivity (Wildman–Crippen MR) is 73.9 cm³/mol. The summed E-state index contributed by atoms with van der Waals surface area (Å²) in [5.74, 6) is 0. The summed E-state index contributed by atoms with van der Waals surface area (Å²) in [5, 5.41) is 14.5. The number of urea groups is 1. The molecule has 0 spiro atoms. The molecule has 0 unspecified atom stereocenters. The fourth-order valence-corrected chi connectivity index (χ4v) is 1.63. The van der Waals surface area contributed by atoms with E-state index in [9.17, 15) is 4.79 Å². The molecule has 100 valence electrons. The first-order valence-electron chi connectivity index (χ1n) is 6.11. The van der Waals surface area contributed by atoms with E-state index >= 15 is 0 Å². The van der Waals surface area contributed by atoms with Crippen molar-refractivity contribution in [3.05, 3.63) is 29.3 Å². The lowest BCUT2D eigenvalue weighted by Crippen LogP contribution is -2.46. The predicted octanol–water partition coefficient (Wildman–Crippen LogP) is 2.59. The molecule has 4 nitrogen and oxygen atoms in total. The average Bonchev–Trinajstić information content (AvgIpc) is 2.22. The van der Waals surface area contributed by atoms with E-state index in [0.717, 1.165) is 11.3 Å². The normalized spacial score (nSPS) is 11.2. The summed E-state index contributed by atoms with van der Waals surface area (Å²) in [6, 6.07) is 5.54. The SMILES string of the molecule is Cc1ccc(NC(=O)NC(C)(C)CCO)cc1C. The standard InChI is InChI=1S/C14H22N2O2/c1-10-5-6-12(9-11(10)2)15-13(18)16-14(3,4)7-8-17/h5-6,9,17H,7-8H2,1-4H3,(H2,15,16,18). The number of hydrogen-bond donors (Lipinski definition) is 3. The third-order valence-corrected chi connectivity index (χ3v) is 2.95. The molecule has 0 aliphatic rings. The van der Waals surface area contributed by atoms with Crippen LogP contribution in [0.4, 0.5) is 10.5 Å². The summed E-state index contributed by atoms with van der Waals surface area (Å²) in [4.78, 5) is 11.8. The summed E-state index contributed by atoms with van der Waals surface area (Å²) in [5.41, 5.74) is 2.69. The van der Waals surface area contributed by atoms with Crippen LogP contribution in [-0.4, -0.2) is 23.3 Å². The number of aliphatic hydroxyl groups is 1. The zero-order valence-corrected chi connectivity index (χ0v) is 11.5. The van der Waals surface area contributed by atoms with Gasteiger partial charge in [0.25, 0.3) is 0 Å². The minimum absolute atomic E-state index is 0.0525. The van der Waals surface area contributed by atoms with Crippen LogP contribution < -0.4 is 10.6 Å². The Labute approximate surface area is 108 Å². The Balaban J connectivity index is 2.62. The van der Waals surface area contributed by atoms with Gasteiger partial charge in [0, 0.05) is 17.8 Å². The van der Waals surface area contributed by atoms with Gasteiger partial charge in [-0.15, -0.1) is 0 Å². The lowest BCUT2D eigenvalue weighted by atomic mass is 10.0. The molecule has 0 aromatic heterocycles. The van der Waals surface area contributed by atoms with E-state index in [0.29, 0.717) is 6.42 Å². The van der Waals surface area contributed by atoms with Crippen LogP contribution in [0, 0.1) is 13.8 Å². The first-order chi connectivity index (χ1) is 8.34. The minimum Gasteiger partial charge on any atom is -0.396 e. The Morgan fingerprint density at radius 2 is 1.94 bits per heavy atom. The molecule has 0 radical (unpaired) electrons. The molecular weight excluding hydrogens is 228 g/mol. The molecule has 3 N–H and O–H groups in total. The van der Waals surface area contributed by atoms with Gasteiger partial charge in [-0.3, -0.25) is 0 Å². The average molecular weight is 250 g/mol. The highest BCUT2D eigenvalue weighted by Gasteiger charge is 2.19. The van der Waals surface area contributed by atoms with Crippen molar-refractivity contribution in [2.75, 3.05) is 11.9 Å². The molecule has 1 aromatic rings. The van der Waals surface area contributed by atoms with Crippen molar-refractivity contribution in [1.29, 1.82) is 0 Å². The highest BCUT2D eigenvalue weighted by molar-refractivity contribution is 5.89. The highest BCUT2D eigenvalue weighted by atomic mass is 16.3. The number of benzene rings is 1. The molecule has 4 heteroatoms. The zero-order valence-electron chi connectivity index (χ0n) is 11.5. The van der Waals surface area contributed by atoms with Crippen LogP contribution >= 0.6 is 0 Å². The van der Waals surface area contributed by atoms with Crippen molar-refractivity contribution in [3.63, 3.8) is 0 Å². The van der Waals surface area contributed by atoms with Crippen molar-refractivity contribution >= 4 is 11.7 Å². The molecule has 0 atom stereocenters. The molecular formula is C14H22N2O2. The second-order valence-electron chi connectivity index (χ2n) is 5.24. The van der Waals surface area contributed by atoms with Gasteiger partial charge in [0.2, 0.25) is 0 Å². The maximum absolute atomic E-state index is 11.8. The Morgan fingerprint density at radius 3 is 2.50 bits per heavy atom. The van der Waals surface area contributed by atoms with E-state index in [2.05, 4.69) is 10.6 Å². The van der Waals surface area contributed by atoms with Crippen LogP contribution in [0.5, 0.6) is 0 Å². The Bertz CT molecular complexity index is 428. The van der Waals surface area contributed by atoms with E-state index in [1.54, 1.807) is 0 Å². The quantitative estimate of drug-likeness (QED) is 0.769. The number of aliphatic hydroxyl groups excluding tert-OH is 1. The second-order valence-corrected chi connectivity index (χ2v) is 5.24. The smallest absolute Gasteiger partial charge is 0.319 e. The molecule has 18 heavy (non-hydrogen) atoms. The largest absolute Gasteiger partial charge is 0.396 e. The van der Waals surface area contributed by atoms with E-state index in [1.165, 1.54) is 5.56 Å². The molecule has 2 amide bonds. The van der Waals surface area contributed by atoms with Crippen molar-refractivity contribution in [3.8, 4) is 0 Å². The Kier molecular flexibility index (Phi) is 4.73. The maximum Gasteiger partial charge on any atom is 0.319 e. The molecule has 0 saturated heterocycles. The molecule has 0 aliphatic carbocycles. The topological polar surface area (TPSA) is 61.4 Å². The maximum atomic E-state index is 11.8. The number of anilines is 1. The first-order valence-corrected chi connectivity index (χ1v) is 6.11. The number of carbonyl (C=O) groups is 1. The molecule has 1 rings (SSSR count). The minimum atomic E-state index is -0.418. The van der Waals surface area contributed by atoms with Gasteiger partial charge in [-0.05, 0) is 57.4 Å². The van der Waals surface area contributed by atoms with Gasteiger partial charge in [0.05, 0.1) is 0 Å². The van der Waals surface area contributed by atoms with E-state index < -0.39 is 5.54 Å². The number of hydrogen-bond acceptors (Lipinski definition) is 2. The lowest BCUT2D eigenvalue weighted by molar-refractivity contribution is 0.218. The second kappa shape index (κ2) is 5.87. The Hall–Kier alpha value is -1.55. The molecule has 0 aliphatic heterocycles. The van der Waals surface area contributed by atoms with Gasteiger partial charge in [0.15, 0.2) is 0 Å². The van der Waals surface area contributed by atoms with Gasteiger partial charge in [-0.25, -0.2) is 4.79 Å². The zero-order chi connectivity index (χ0) is 13.8. The summed E-state index contributed by atoms with van der Waals surface area (Å²) in [6.45, 7) is 7.85. The van der Waals surface area contributed by atoms with Crippen LogP contribution in [0.25, 0.3) is 0 Å². The first kappa shape index (κ1) is 14.5. The van der Waals surface area contributed by atoms with Gasteiger partial charge in [-0.1, -0.05) is 6.07 Å². The molecule has 0 heterocycles. The summed E-state index contributed by atoms with van der Waals surface area (Å²) in [6.07, 6.45) is 0.521. The summed E-state index contributed by atoms with van der Waals surface area (Å²) >= 11 is 0. The van der Waals surface area contributed by atoms with E-state index in [4.69, 9.17) is 5.11 Å². The van der Waals surface area contributed by atoms with Crippen molar-refractivity contribution in [2.45, 2.75) is 39.7 Å². The molecule has 1 aromatic carbocycles. The summed E-state index contributed by atoms with van der Waals surface area (Å²) in [7, 11) is 0. The van der Waals surface area contributed by atoms with Crippen molar-refractivity contribution < 1.29 is 9.90 Å².